The van der Waals surface area contributed by atoms with E-state index in [2.05, 4.69) is 4.90 Å². The molecule has 0 N–H and O–H groups in total. The van der Waals surface area contributed by atoms with Gasteiger partial charge in [0.1, 0.15) is 6.17 Å². The summed E-state index contributed by atoms with van der Waals surface area (Å²) in [6, 6.07) is 0. The van der Waals surface area contributed by atoms with Crippen LogP contribution in [-0.2, 0) is 4.74 Å². The molecule has 2 aliphatic heterocycles. The van der Waals surface area contributed by atoms with Gasteiger partial charge in [-0.3, -0.25) is 4.90 Å². The van der Waals surface area contributed by atoms with Crippen LogP contribution >= 0.6 is 0 Å². The minimum atomic E-state index is -0.800. The van der Waals surface area contributed by atoms with Crippen molar-refractivity contribution in [1.82, 2.24) is 4.90 Å². The highest BCUT2D eigenvalue weighted by Gasteiger charge is 2.45. The van der Waals surface area contributed by atoms with Crippen LogP contribution in [0.4, 0.5) is 4.39 Å². The fourth-order valence-electron chi connectivity index (χ4n) is 2.33. The van der Waals surface area contributed by atoms with Crippen LogP contribution in [0.15, 0.2) is 0 Å². The Morgan fingerprint density at radius 3 is 2.54 bits per heavy atom. The Labute approximate surface area is 79.1 Å². The van der Waals surface area contributed by atoms with Gasteiger partial charge in [0, 0.05) is 0 Å². The van der Waals surface area contributed by atoms with E-state index in [1.165, 1.54) is 19.3 Å². The average Bonchev–Trinajstić information content (AvgIpc) is 2.50. The number of hydrogen-bond donors (Lipinski definition) is 0. The van der Waals surface area contributed by atoms with E-state index in [-0.39, 0.29) is 12.1 Å². The molecule has 0 amide bonds. The second-order valence-corrected chi connectivity index (χ2v) is 4.39. The quantitative estimate of drug-likeness (QED) is 0.618. The van der Waals surface area contributed by atoms with Gasteiger partial charge in [0.2, 0.25) is 0 Å². The molecule has 0 saturated carbocycles. The summed E-state index contributed by atoms with van der Waals surface area (Å²) in [5.74, 6) is 0. The van der Waals surface area contributed by atoms with Crippen molar-refractivity contribution in [1.29, 1.82) is 0 Å². The molecule has 2 heterocycles. The Bertz CT molecular complexity index is 182. The lowest BCUT2D eigenvalue weighted by atomic mass is 9.94. The van der Waals surface area contributed by atoms with Gasteiger partial charge < -0.3 is 4.74 Å². The third-order valence-electron chi connectivity index (χ3n) is 3.41. The third kappa shape index (κ3) is 1.59. The number of hydrogen-bond acceptors (Lipinski definition) is 2. The molecule has 0 spiro atoms. The summed E-state index contributed by atoms with van der Waals surface area (Å²) >= 11 is 0. The van der Waals surface area contributed by atoms with E-state index in [0.717, 1.165) is 13.1 Å². The van der Waals surface area contributed by atoms with Crippen LogP contribution < -0.4 is 0 Å². The molecule has 2 aliphatic rings. The van der Waals surface area contributed by atoms with Crippen molar-refractivity contribution in [3.63, 3.8) is 0 Å². The van der Waals surface area contributed by atoms with Crippen molar-refractivity contribution in [3.8, 4) is 0 Å². The van der Waals surface area contributed by atoms with E-state index in [1.54, 1.807) is 0 Å². The normalized spacial score (nSPS) is 42.5. The zero-order valence-electron chi connectivity index (χ0n) is 8.26. The molecule has 0 aliphatic carbocycles. The molecule has 3 heteroatoms. The zero-order chi connectivity index (χ0) is 9.31. The van der Waals surface area contributed by atoms with Crippen molar-refractivity contribution in [3.05, 3.63) is 0 Å². The molecule has 2 rings (SSSR count). The van der Waals surface area contributed by atoms with E-state index in [4.69, 9.17) is 4.74 Å². The molecule has 2 saturated heterocycles. The first-order valence-corrected chi connectivity index (χ1v) is 5.20. The molecule has 2 atom stereocenters. The number of ether oxygens (including phenoxy) is 1. The summed E-state index contributed by atoms with van der Waals surface area (Å²) in [5.41, 5.74) is -0.333. The van der Waals surface area contributed by atoms with Gasteiger partial charge in [0.25, 0.3) is 0 Å². The van der Waals surface area contributed by atoms with Gasteiger partial charge in [0.05, 0.1) is 18.8 Å². The van der Waals surface area contributed by atoms with Crippen LogP contribution in [0.2, 0.25) is 0 Å². The van der Waals surface area contributed by atoms with Gasteiger partial charge in [-0.1, -0.05) is 6.42 Å². The molecule has 0 aromatic heterocycles. The first kappa shape index (κ1) is 9.41. The van der Waals surface area contributed by atoms with Crippen molar-refractivity contribution >= 4 is 0 Å². The first-order valence-electron chi connectivity index (χ1n) is 5.20. The molecule has 2 fully saturated rings. The highest BCUT2D eigenvalue weighted by atomic mass is 19.1. The Kier molecular flexibility index (Phi) is 2.56. The Morgan fingerprint density at radius 1 is 1.31 bits per heavy atom. The van der Waals surface area contributed by atoms with Crippen LogP contribution in [0.1, 0.15) is 26.2 Å². The highest BCUT2D eigenvalue weighted by Crippen LogP contribution is 2.30. The number of alkyl halides is 1. The van der Waals surface area contributed by atoms with Crippen LogP contribution in [0, 0.1) is 0 Å². The molecular formula is C10H18FNO. The van der Waals surface area contributed by atoms with E-state index < -0.39 is 6.17 Å². The van der Waals surface area contributed by atoms with Crippen molar-refractivity contribution < 1.29 is 9.13 Å². The highest BCUT2D eigenvalue weighted by molar-refractivity contribution is 4.97. The van der Waals surface area contributed by atoms with Crippen molar-refractivity contribution in [2.45, 2.75) is 37.9 Å². The summed E-state index contributed by atoms with van der Waals surface area (Å²) in [7, 11) is 0. The lowest BCUT2D eigenvalue weighted by Crippen LogP contribution is -2.54. The summed E-state index contributed by atoms with van der Waals surface area (Å²) < 4.78 is 18.8. The van der Waals surface area contributed by atoms with E-state index in [1.807, 2.05) is 6.92 Å². The molecule has 0 aromatic rings. The first-order chi connectivity index (χ1) is 6.23. The predicted molar refractivity (Wildman–Crippen MR) is 49.5 cm³/mol. The van der Waals surface area contributed by atoms with E-state index in [9.17, 15) is 4.39 Å². The molecule has 0 bridgehead atoms. The predicted octanol–water partition coefficient (Wildman–Crippen LogP) is 1.60. The smallest absolute Gasteiger partial charge is 0.144 e. The topological polar surface area (TPSA) is 12.5 Å². The standard InChI is InChI=1S/C10H18FNO/c1-10(8-13-7-9(10)11)12-5-3-2-4-6-12/h9H,2-8H2,1H3. The molecule has 2 unspecified atom stereocenters. The van der Waals surface area contributed by atoms with Crippen LogP contribution in [-0.4, -0.2) is 42.9 Å². The van der Waals surface area contributed by atoms with Crippen LogP contribution in [0.5, 0.6) is 0 Å². The molecule has 13 heavy (non-hydrogen) atoms. The summed E-state index contributed by atoms with van der Waals surface area (Å²) in [6.07, 6.45) is 2.92. The van der Waals surface area contributed by atoms with Crippen molar-refractivity contribution in [2.75, 3.05) is 26.3 Å². The Balaban J connectivity index is 2.03. The largest absolute Gasteiger partial charge is 0.376 e. The van der Waals surface area contributed by atoms with Crippen molar-refractivity contribution in [2.24, 2.45) is 0 Å². The fraction of sp³-hybridized carbons (Fsp3) is 1.00. The van der Waals surface area contributed by atoms with Gasteiger partial charge in [-0.05, 0) is 32.9 Å². The Morgan fingerprint density at radius 2 is 2.00 bits per heavy atom. The van der Waals surface area contributed by atoms with Gasteiger partial charge in [-0.15, -0.1) is 0 Å². The molecular weight excluding hydrogens is 169 g/mol. The lowest BCUT2D eigenvalue weighted by Gasteiger charge is -2.40. The molecule has 0 radical (unpaired) electrons. The maximum atomic E-state index is 13.6. The maximum Gasteiger partial charge on any atom is 0.144 e. The second kappa shape index (κ2) is 3.54. The average molecular weight is 187 g/mol. The number of likely N-dealkylation sites (tertiary alicyclic amines) is 1. The molecule has 2 nitrogen and oxygen atoms in total. The second-order valence-electron chi connectivity index (χ2n) is 4.39. The Hall–Kier alpha value is -0.150. The number of rotatable bonds is 1. The zero-order valence-corrected chi connectivity index (χ0v) is 8.26. The van der Waals surface area contributed by atoms with Gasteiger partial charge in [-0.2, -0.15) is 0 Å². The summed E-state index contributed by atoms with van der Waals surface area (Å²) in [6.45, 7) is 4.93. The SMILES string of the molecule is CC1(N2CCCCC2)COCC1F. The number of halogens is 1. The van der Waals surface area contributed by atoms with E-state index >= 15 is 0 Å². The minimum Gasteiger partial charge on any atom is -0.376 e. The summed E-state index contributed by atoms with van der Waals surface area (Å²) in [4.78, 5) is 2.27. The number of piperidine rings is 1. The minimum absolute atomic E-state index is 0.285. The van der Waals surface area contributed by atoms with Gasteiger partial charge in [0.15, 0.2) is 0 Å². The fourth-order valence-corrected chi connectivity index (χ4v) is 2.33. The monoisotopic (exact) mass is 187 g/mol. The van der Waals surface area contributed by atoms with Gasteiger partial charge in [-0.25, -0.2) is 4.39 Å². The summed E-state index contributed by atoms with van der Waals surface area (Å²) in [5, 5.41) is 0. The lowest BCUT2D eigenvalue weighted by molar-refractivity contribution is 0.0343. The van der Waals surface area contributed by atoms with Crippen LogP contribution in [0.3, 0.4) is 0 Å². The molecule has 0 aromatic carbocycles. The molecule has 76 valence electrons. The third-order valence-corrected chi connectivity index (χ3v) is 3.41. The van der Waals surface area contributed by atoms with E-state index in [0.29, 0.717) is 6.61 Å². The van der Waals surface area contributed by atoms with Gasteiger partial charge >= 0.3 is 0 Å². The number of nitrogens with zero attached hydrogens (tertiary/aromatic N) is 1. The van der Waals surface area contributed by atoms with Crippen LogP contribution in [0.25, 0.3) is 0 Å². The maximum absolute atomic E-state index is 13.6.